The monoisotopic (exact) mass is 264 g/mol. The normalized spacial score (nSPS) is 10.5. The smallest absolute Gasteiger partial charge is 0.174 e. The molecule has 0 amide bonds. The molecule has 2 rings (SSSR count). The van der Waals surface area contributed by atoms with Crippen molar-refractivity contribution in [2.75, 3.05) is 0 Å². The predicted octanol–water partition coefficient (Wildman–Crippen LogP) is 4.53. The third-order valence-corrected chi connectivity index (χ3v) is 4.01. The Balaban J connectivity index is 1.97. The quantitative estimate of drug-likeness (QED) is 0.742. The average molecular weight is 265 g/mol. The number of ketones is 1. The number of rotatable bonds is 4. The lowest BCUT2D eigenvalue weighted by atomic mass is 10.1. The van der Waals surface area contributed by atoms with Crippen molar-refractivity contribution in [2.45, 2.75) is 19.8 Å². The molecule has 0 N–H and O–H groups in total. The number of carbonyl (C=O) groups is 1. The molecule has 0 unspecified atom stereocenters. The Bertz CT molecular complexity index is 513. The largest absolute Gasteiger partial charge is 0.293 e. The second-order valence-corrected chi connectivity index (χ2v) is 5.33. The maximum absolute atomic E-state index is 11.9. The lowest BCUT2D eigenvalue weighted by Crippen LogP contribution is -1.99. The Morgan fingerprint density at radius 2 is 1.94 bits per heavy atom. The molecular formula is C14H13ClOS. The molecule has 1 nitrogen and oxygen atoms in total. The Kier molecular flexibility index (Phi) is 3.97. The molecular weight excluding hydrogens is 252 g/mol. The fourth-order valence-electron chi connectivity index (χ4n) is 1.62. The number of carbonyl (C=O) groups excluding carboxylic acids is 1. The lowest BCUT2D eigenvalue weighted by Gasteiger charge is -2.01. The second kappa shape index (κ2) is 5.48. The SMILES string of the molecule is Cc1ccc(CCC(=O)c2sccc2Cl)cc1. The van der Waals surface area contributed by atoms with Crippen LogP contribution in [0.2, 0.25) is 5.02 Å². The minimum absolute atomic E-state index is 0.130. The van der Waals surface area contributed by atoms with Crippen molar-refractivity contribution in [2.24, 2.45) is 0 Å². The Hall–Kier alpha value is -1.12. The van der Waals surface area contributed by atoms with Gasteiger partial charge < -0.3 is 0 Å². The molecule has 17 heavy (non-hydrogen) atoms. The van der Waals surface area contributed by atoms with Crippen LogP contribution in [-0.2, 0) is 6.42 Å². The Morgan fingerprint density at radius 1 is 1.24 bits per heavy atom. The van der Waals surface area contributed by atoms with E-state index in [4.69, 9.17) is 11.6 Å². The highest BCUT2D eigenvalue weighted by Crippen LogP contribution is 2.24. The average Bonchev–Trinajstić information content (AvgIpc) is 2.74. The first kappa shape index (κ1) is 12.3. The topological polar surface area (TPSA) is 17.1 Å². The third kappa shape index (κ3) is 3.18. The van der Waals surface area contributed by atoms with Gasteiger partial charge in [0, 0.05) is 6.42 Å². The summed E-state index contributed by atoms with van der Waals surface area (Å²) in [5.41, 5.74) is 2.43. The van der Waals surface area contributed by atoms with Gasteiger partial charge in [-0.15, -0.1) is 11.3 Å². The van der Waals surface area contributed by atoms with E-state index in [1.165, 1.54) is 22.5 Å². The fourth-order valence-corrected chi connectivity index (χ4v) is 2.75. The van der Waals surface area contributed by atoms with Crippen LogP contribution >= 0.6 is 22.9 Å². The van der Waals surface area contributed by atoms with Gasteiger partial charge in [0.1, 0.15) is 0 Å². The van der Waals surface area contributed by atoms with Crippen LogP contribution in [0.15, 0.2) is 35.7 Å². The zero-order valence-corrected chi connectivity index (χ0v) is 11.1. The van der Waals surface area contributed by atoms with Crippen LogP contribution < -0.4 is 0 Å². The van der Waals surface area contributed by atoms with Gasteiger partial charge in [-0.25, -0.2) is 0 Å². The van der Waals surface area contributed by atoms with E-state index in [1.807, 2.05) is 5.38 Å². The van der Waals surface area contributed by atoms with Gasteiger partial charge in [0.05, 0.1) is 9.90 Å². The van der Waals surface area contributed by atoms with E-state index < -0.39 is 0 Å². The molecule has 0 fully saturated rings. The fraction of sp³-hybridized carbons (Fsp3) is 0.214. The van der Waals surface area contributed by atoms with Gasteiger partial charge in [-0.05, 0) is 30.4 Å². The summed E-state index contributed by atoms with van der Waals surface area (Å²) in [5.74, 6) is 0.130. The highest BCUT2D eigenvalue weighted by Gasteiger charge is 2.11. The summed E-state index contributed by atoms with van der Waals surface area (Å²) in [6.07, 6.45) is 1.29. The van der Waals surface area contributed by atoms with Gasteiger partial charge in [-0.3, -0.25) is 4.79 Å². The van der Waals surface area contributed by atoms with Crippen molar-refractivity contribution in [3.8, 4) is 0 Å². The molecule has 0 aliphatic rings. The minimum Gasteiger partial charge on any atom is -0.293 e. The second-order valence-electron chi connectivity index (χ2n) is 4.01. The summed E-state index contributed by atoms with van der Waals surface area (Å²) in [6, 6.07) is 10.0. The molecule has 1 aromatic carbocycles. The predicted molar refractivity (Wildman–Crippen MR) is 73.2 cm³/mol. The van der Waals surface area contributed by atoms with Gasteiger partial charge in [0.15, 0.2) is 5.78 Å². The highest BCUT2D eigenvalue weighted by molar-refractivity contribution is 7.12. The summed E-state index contributed by atoms with van der Waals surface area (Å²) in [6.45, 7) is 2.06. The Morgan fingerprint density at radius 3 is 2.53 bits per heavy atom. The molecule has 0 radical (unpaired) electrons. The van der Waals surface area contributed by atoms with E-state index in [0.29, 0.717) is 16.3 Å². The number of benzene rings is 1. The molecule has 3 heteroatoms. The zero-order valence-electron chi connectivity index (χ0n) is 9.57. The molecule has 0 saturated heterocycles. The summed E-state index contributed by atoms with van der Waals surface area (Å²) >= 11 is 7.34. The Labute approximate surface area is 110 Å². The van der Waals surface area contributed by atoms with Crippen LogP contribution in [0, 0.1) is 6.92 Å². The summed E-state index contributed by atoms with van der Waals surface area (Å²) < 4.78 is 0. The molecule has 0 aliphatic heterocycles. The van der Waals surface area contributed by atoms with Crippen molar-refractivity contribution in [3.05, 3.63) is 56.7 Å². The van der Waals surface area contributed by atoms with Crippen molar-refractivity contribution < 1.29 is 4.79 Å². The van der Waals surface area contributed by atoms with Gasteiger partial charge in [0.25, 0.3) is 0 Å². The molecule has 2 aromatic rings. The standard InChI is InChI=1S/C14H13ClOS/c1-10-2-4-11(5-3-10)6-7-13(16)14-12(15)8-9-17-14/h2-5,8-9H,6-7H2,1H3. The number of hydrogen-bond acceptors (Lipinski definition) is 2. The van der Waals surface area contributed by atoms with Gasteiger partial charge in [-0.2, -0.15) is 0 Å². The molecule has 0 aliphatic carbocycles. The summed E-state index contributed by atoms with van der Waals surface area (Å²) in [7, 11) is 0. The van der Waals surface area contributed by atoms with Crippen molar-refractivity contribution in [3.63, 3.8) is 0 Å². The van der Waals surface area contributed by atoms with E-state index >= 15 is 0 Å². The van der Waals surface area contributed by atoms with Crippen LogP contribution in [-0.4, -0.2) is 5.78 Å². The van der Waals surface area contributed by atoms with Crippen LogP contribution in [0.1, 0.15) is 27.2 Å². The van der Waals surface area contributed by atoms with Gasteiger partial charge >= 0.3 is 0 Å². The van der Waals surface area contributed by atoms with E-state index in [1.54, 1.807) is 6.07 Å². The van der Waals surface area contributed by atoms with E-state index in [-0.39, 0.29) is 5.78 Å². The number of aryl methyl sites for hydroxylation is 2. The van der Waals surface area contributed by atoms with Crippen molar-refractivity contribution >= 4 is 28.7 Å². The lowest BCUT2D eigenvalue weighted by molar-refractivity contribution is 0.0987. The van der Waals surface area contributed by atoms with Gasteiger partial charge in [0.2, 0.25) is 0 Å². The van der Waals surface area contributed by atoms with Crippen LogP contribution in [0.5, 0.6) is 0 Å². The van der Waals surface area contributed by atoms with Crippen LogP contribution in [0.25, 0.3) is 0 Å². The first-order valence-electron chi connectivity index (χ1n) is 5.48. The number of thiophene rings is 1. The van der Waals surface area contributed by atoms with Crippen LogP contribution in [0.4, 0.5) is 0 Å². The molecule has 1 heterocycles. The van der Waals surface area contributed by atoms with E-state index in [0.717, 1.165) is 6.42 Å². The molecule has 0 spiro atoms. The molecule has 0 bridgehead atoms. The maximum atomic E-state index is 11.9. The minimum atomic E-state index is 0.130. The molecule has 1 aromatic heterocycles. The zero-order chi connectivity index (χ0) is 12.3. The third-order valence-electron chi connectivity index (χ3n) is 2.63. The van der Waals surface area contributed by atoms with E-state index in [2.05, 4.69) is 31.2 Å². The van der Waals surface area contributed by atoms with Crippen molar-refractivity contribution in [1.29, 1.82) is 0 Å². The van der Waals surface area contributed by atoms with Crippen LogP contribution in [0.3, 0.4) is 0 Å². The molecule has 0 atom stereocenters. The summed E-state index contributed by atoms with van der Waals surface area (Å²) in [4.78, 5) is 12.6. The van der Waals surface area contributed by atoms with E-state index in [9.17, 15) is 4.79 Å². The number of hydrogen-bond donors (Lipinski definition) is 0. The first-order valence-corrected chi connectivity index (χ1v) is 6.74. The maximum Gasteiger partial charge on any atom is 0.174 e. The molecule has 88 valence electrons. The molecule has 0 saturated carbocycles. The summed E-state index contributed by atoms with van der Waals surface area (Å²) in [5, 5.41) is 2.42. The first-order chi connectivity index (χ1) is 8.16. The number of halogens is 1. The number of Topliss-reactive ketones (excluding diaryl/α,β-unsaturated/α-hetero) is 1. The van der Waals surface area contributed by atoms with Gasteiger partial charge in [-0.1, -0.05) is 41.4 Å². The van der Waals surface area contributed by atoms with Crippen molar-refractivity contribution in [1.82, 2.24) is 0 Å². The highest BCUT2D eigenvalue weighted by atomic mass is 35.5.